The average molecular weight is 500 g/mol. The Kier molecular flexibility index (Phi) is 7.67. The maximum atomic E-state index is 12.0. The lowest BCUT2D eigenvalue weighted by molar-refractivity contribution is -0.137. The highest BCUT2D eigenvalue weighted by Gasteiger charge is 2.30. The predicted octanol–water partition coefficient (Wildman–Crippen LogP) is 5.93. The van der Waals surface area contributed by atoms with Crippen LogP contribution in [-0.2, 0) is 21.7 Å². The Morgan fingerprint density at radius 1 is 0.923 bits per heavy atom. The van der Waals surface area contributed by atoms with Crippen molar-refractivity contribution in [1.82, 2.24) is 0 Å². The lowest BCUT2D eigenvalue weighted by Crippen LogP contribution is -2.14. The molecule has 0 unspecified atom stereocenters. The van der Waals surface area contributed by atoms with E-state index in [-0.39, 0.29) is 0 Å². The number of benzene rings is 2. The standard InChI is InChI=1S/C11H15I.C7H5F3O3S/c1-4-11(2,3)9-5-7-10(12)8-6-9;8-7(9,10)5-1-3-6(4-2-5)14(11,12)13/h5-8H,4H2,1-3H3;1-4H,(H,11,12,13). The van der Waals surface area contributed by atoms with Crippen LogP contribution in [0.2, 0.25) is 0 Å². The van der Waals surface area contributed by atoms with Gasteiger partial charge in [-0.2, -0.15) is 21.6 Å². The molecule has 0 aliphatic heterocycles. The van der Waals surface area contributed by atoms with E-state index in [0.717, 1.165) is 0 Å². The molecule has 0 spiro atoms. The lowest BCUT2D eigenvalue weighted by Gasteiger charge is -2.23. The molecule has 3 nitrogen and oxygen atoms in total. The third kappa shape index (κ3) is 6.88. The Bertz CT molecular complexity index is 812. The second-order valence-electron chi connectivity index (χ2n) is 6.24. The van der Waals surface area contributed by atoms with Crippen LogP contribution >= 0.6 is 22.6 Å². The summed E-state index contributed by atoms with van der Waals surface area (Å²) in [6.45, 7) is 6.81. The number of rotatable bonds is 3. The maximum absolute atomic E-state index is 12.0. The Hall–Kier alpha value is -1.13. The highest BCUT2D eigenvalue weighted by molar-refractivity contribution is 14.1. The minimum absolute atomic E-state index is 0.324. The molecule has 0 aliphatic rings. The van der Waals surface area contributed by atoms with E-state index in [1.165, 1.54) is 15.6 Å². The van der Waals surface area contributed by atoms with E-state index < -0.39 is 26.8 Å². The average Bonchev–Trinajstić information content (AvgIpc) is 2.54. The van der Waals surface area contributed by atoms with Gasteiger partial charge >= 0.3 is 6.18 Å². The summed E-state index contributed by atoms with van der Waals surface area (Å²) in [7, 11) is -4.43. The predicted molar refractivity (Wildman–Crippen MR) is 104 cm³/mol. The summed E-state index contributed by atoms with van der Waals surface area (Å²) in [5, 5.41) is 0. The van der Waals surface area contributed by atoms with Gasteiger partial charge in [-0.25, -0.2) is 0 Å². The summed E-state index contributed by atoms with van der Waals surface area (Å²) in [5.41, 5.74) is 0.792. The minimum Gasteiger partial charge on any atom is -0.282 e. The van der Waals surface area contributed by atoms with Gasteiger partial charge in [0.1, 0.15) is 0 Å². The van der Waals surface area contributed by atoms with Gasteiger partial charge in [-0.1, -0.05) is 32.9 Å². The van der Waals surface area contributed by atoms with E-state index in [0.29, 0.717) is 29.7 Å². The van der Waals surface area contributed by atoms with E-state index in [4.69, 9.17) is 4.55 Å². The van der Waals surface area contributed by atoms with Crippen LogP contribution in [0, 0.1) is 3.57 Å². The summed E-state index contributed by atoms with van der Waals surface area (Å²) < 4.78 is 66.7. The van der Waals surface area contributed by atoms with Crippen molar-refractivity contribution in [3.8, 4) is 0 Å². The molecule has 1 N–H and O–H groups in total. The van der Waals surface area contributed by atoms with E-state index in [2.05, 4.69) is 67.6 Å². The quantitative estimate of drug-likeness (QED) is 0.420. The van der Waals surface area contributed by atoms with Crippen molar-refractivity contribution in [2.45, 2.75) is 43.7 Å². The minimum atomic E-state index is -4.52. The SMILES string of the molecule is CCC(C)(C)c1ccc(I)cc1.O=S(=O)(O)c1ccc(C(F)(F)F)cc1. The van der Waals surface area contributed by atoms with Crippen molar-refractivity contribution in [1.29, 1.82) is 0 Å². The molecule has 26 heavy (non-hydrogen) atoms. The van der Waals surface area contributed by atoms with Gasteiger partial charge in [-0.15, -0.1) is 0 Å². The van der Waals surface area contributed by atoms with E-state index in [1.54, 1.807) is 0 Å². The van der Waals surface area contributed by atoms with Crippen LogP contribution < -0.4 is 0 Å². The second kappa shape index (κ2) is 8.71. The third-order valence-corrected chi connectivity index (χ3v) is 5.58. The first-order chi connectivity index (χ1) is 11.8. The fraction of sp³-hybridized carbons (Fsp3) is 0.333. The number of alkyl halides is 3. The van der Waals surface area contributed by atoms with Crippen LogP contribution in [0.25, 0.3) is 0 Å². The van der Waals surface area contributed by atoms with E-state index in [9.17, 15) is 21.6 Å². The highest BCUT2D eigenvalue weighted by atomic mass is 127. The summed E-state index contributed by atoms with van der Waals surface area (Å²) in [5.74, 6) is 0. The smallest absolute Gasteiger partial charge is 0.282 e. The fourth-order valence-electron chi connectivity index (χ4n) is 1.92. The first-order valence-electron chi connectivity index (χ1n) is 7.68. The topological polar surface area (TPSA) is 54.4 Å². The molecule has 0 saturated heterocycles. The number of halogens is 4. The third-order valence-electron chi connectivity index (χ3n) is 3.99. The Labute approximate surface area is 165 Å². The molecular formula is C18H20F3IO3S. The van der Waals surface area contributed by atoms with Gasteiger partial charge in [-0.3, -0.25) is 4.55 Å². The van der Waals surface area contributed by atoms with Crippen molar-refractivity contribution in [3.05, 3.63) is 63.2 Å². The molecule has 0 bridgehead atoms. The molecule has 0 radical (unpaired) electrons. The van der Waals surface area contributed by atoms with Gasteiger partial charge in [0.15, 0.2) is 0 Å². The molecule has 0 aromatic heterocycles. The lowest BCUT2D eigenvalue weighted by atomic mass is 9.82. The fourth-order valence-corrected chi connectivity index (χ4v) is 2.76. The van der Waals surface area contributed by atoms with Crippen LogP contribution in [0.5, 0.6) is 0 Å². The zero-order valence-electron chi connectivity index (χ0n) is 14.5. The Balaban J connectivity index is 0.000000263. The molecule has 2 rings (SSSR count). The molecule has 0 atom stereocenters. The van der Waals surface area contributed by atoms with Crippen molar-refractivity contribution >= 4 is 32.7 Å². The maximum Gasteiger partial charge on any atom is 0.416 e. The van der Waals surface area contributed by atoms with Gasteiger partial charge in [0, 0.05) is 3.57 Å². The Morgan fingerprint density at radius 2 is 1.35 bits per heavy atom. The summed E-state index contributed by atoms with van der Waals surface area (Å²) in [6, 6.07) is 11.4. The summed E-state index contributed by atoms with van der Waals surface area (Å²) >= 11 is 2.34. The molecule has 2 aromatic rings. The molecule has 0 heterocycles. The summed E-state index contributed by atoms with van der Waals surface area (Å²) in [6.07, 6.45) is -3.33. The van der Waals surface area contributed by atoms with Gasteiger partial charge < -0.3 is 0 Å². The zero-order chi connectivity index (χ0) is 20.2. The zero-order valence-corrected chi connectivity index (χ0v) is 17.5. The number of hydrogen-bond donors (Lipinski definition) is 1. The first-order valence-corrected chi connectivity index (χ1v) is 10.2. The largest absolute Gasteiger partial charge is 0.416 e. The van der Waals surface area contributed by atoms with Gasteiger partial charge in [0.05, 0.1) is 10.5 Å². The van der Waals surface area contributed by atoms with Gasteiger partial charge in [0.2, 0.25) is 0 Å². The molecule has 0 aliphatic carbocycles. The van der Waals surface area contributed by atoms with Crippen molar-refractivity contribution in [2.24, 2.45) is 0 Å². The molecule has 0 fully saturated rings. The molecule has 0 amide bonds. The summed E-state index contributed by atoms with van der Waals surface area (Å²) in [4.78, 5) is -0.564. The van der Waals surface area contributed by atoms with Crippen LogP contribution in [0.3, 0.4) is 0 Å². The van der Waals surface area contributed by atoms with E-state index >= 15 is 0 Å². The van der Waals surface area contributed by atoms with Gasteiger partial charge in [0.25, 0.3) is 10.1 Å². The first kappa shape index (κ1) is 22.9. The molecule has 2 aromatic carbocycles. The van der Waals surface area contributed by atoms with Crippen molar-refractivity contribution in [2.75, 3.05) is 0 Å². The monoisotopic (exact) mass is 500 g/mol. The molecule has 0 saturated carbocycles. The highest BCUT2D eigenvalue weighted by Crippen LogP contribution is 2.29. The van der Waals surface area contributed by atoms with Crippen LogP contribution in [-0.4, -0.2) is 13.0 Å². The van der Waals surface area contributed by atoms with Crippen LogP contribution in [0.15, 0.2) is 53.4 Å². The molecule has 8 heteroatoms. The molecule has 144 valence electrons. The van der Waals surface area contributed by atoms with E-state index in [1.807, 2.05) is 0 Å². The van der Waals surface area contributed by atoms with Crippen molar-refractivity contribution < 1.29 is 26.1 Å². The normalized spacial score (nSPS) is 12.3. The van der Waals surface area contributed by atoms with Gasteiger partial charge in [-0.05, 0) is 76.4 Å². The van der Waals surface area contributed by atoms with Crippen LogP contribution in [0.1, 0.15) is 38.3 Å². The van der Waals surface area contributed by atoms with Crippen LogP contribution in [0.4, 0.5) is 13.2 Å². The number of hydrogen-bond acceptors (Lipinski definition) is 2. The molecular weight excluding hydrogens is 480 g/mol. The Morgan fingerprint density at radius 3 is 1.69 bits per heavy atom. The second-order valence-corrected chi connectivity index (χ2v) is 8.91. The van der Waals surface area contributed by atoms with Crippen molar-refractivity contribution in [3.63, 3.8) is 0 Å².